The van der Waals surface area contributed by atoms with E-state index in [2.05, 4.69) is 5.32 Å². The van der Waals surface area contributed by atoms with E-state index in [1.54, 1.807) is 6.07 Å². The Morgan fingerprint density at radius 2 is 1.66 bits per heavy atom. The molecule has 1 fully saturated rings. The third kappa shape index (κ3) is 5.34. The number of amides is 1. The molecule has 1 saturated heterocycles. The number of nitrogens with zero attached hydrogens (tertiary/aromatic N) is 2. The van der Waals surface area contributed by atoms with Crippen LogP contribution in [-0.4, -0.2) is 56.3 Å². The first-order valence-electron chi connectivity index (χ1n) is 8.99. The molecule has 0 aromatic heterocycles. The Morgan fingerprint density at radius 1 is 0.966 bits per heavy atom. The van der Waals surface area contributed by atoms with Crippen molar-refractivity contribution in [1.29, 1.82) is 0 Å². The summed E-state index contributed by atoms with van der Waals surface area (Å²) in [4.78, 5) is 13.2. The highest BCUT2D eigenvalue weighted by Crippen LogP contribution is 2.21. The maximum absolute atomic E-state index is 13.9. The van der Waals surface area contributed by atoms with E-state index in [0.717, 1.165) is 16.4 Å². The van der Waals surface area contributed by atoms with Crippen molar-refractivity contribution in [2.24, 2.45) is 0 Å². The Morgan fingerprint density at radius 3 is 2.34 bits per heavy atom. The predicted octanol–water partition coefficient (Wildman–Crippen LogP) is 2.44. The standard InChI is InChI=1S/C19H20F3N3O3S/c20-14-2-1-3-16(12-14)23-19(26)6-7-24-8-10-25(11-9-24)29(27,28)18-13-15(21)4-5-17(18)22/h1-5,12-13H,6-11H2,(H,23,26). The van der Waals surface area contributed by atoms with Crippen molar-refractivity contribution in [3.8, 4) is 0 Å². The summed E-state index contributed by atoms with van der Waals surface area (Å²) in [6, 6.07) is 7.89. The second-order valence-corrected chi connectivity index (χ2v) is 8.54. The Kier molecular flexibility index (Phi) is 6.56. The number of piperazine rings is 1. The fourth-order valence-electron chi connectivity index (χ4n) is 3.06. The molecule has 1 heterocycles. The SMILES string of the molecule is O=C(CCN1CCN(S(=O)(=O)c2cc(F)ccc2F)CC1)Nc1cccc(F)c1. The topological polar surface area (TPSA) is 69.7 Å². The van der Waals surface area contributed by atoms with Crippen molar-refractivity contribution in [2.75, 3.05) is 38.0 Å². The van der Waals surface area contributed by atoms with Crippen LogP contribution in [0.25, 0.3) is 0 Å². The summed E-state index contributed by atoms with van der Waals surface area (Å²) in [6.07, 6.45) is 0.155. The quantitative estimate of drug-likeness (QED) is 0.769. The molecule has 1 amide bonds. The molecular formula is C19H20F3N3O3S. The van der Waals surface area contributed by atoms with Crippen molar-refractivity contribution in [3.05, 3.63) is 59.9 Å². The molecule has 0 radical (unpaired) electrons. The number of halogens is 3. The van der Waals surface area contributed by atoms with Crippen LogP contribution in [0.1, 0.15) is 6.42 Å². The molecule has 29 heavy (non-hydrogen) atoms. The summed E-state index contributed by atoms with van der Waals surface area (Å²) in [5.74, 6) is -2.56. The number of hydrogen-bond acceptors (Lipinski definition) is 4. The zero-order chi connectivity index (χ0) is 21.0. The smallest absolute Gasteiger partial charge is 0.246 e. The summed E-state index contributed by atoms with van der Waals surface area (Å²) in [7, 11) is -4.14. The van der Waals surface area contributed by atoms with Gasteiger partial charge in [0.25, 0.3) is 0 Å². The third-order valence-electron chi connectivity index (χ3n) is 4.61. The summed E-state index contributed by atoms with van der Waals surface area (Å²) in [5.41, 5.74) is 0.364. The number of carbonyl (C=O) groups is 1. The minimum atomic E-state index is -4.14. The first-order chi connectivity index (χ1) is 13.8. The summed E-state index contributed by atoms with van der Waals surface area (Å²) < 4.78 is 66.6. The minimum Gasteiger partial charge on any atom is -0.326 e. The lowest BCUT2D eigenvalue weighted by Gasteiger charge is -2.33. The van der Waals surface area contributed by atoms with E-state index in [1.165, 1.54) is 18.2 Å². The van der Waals surface area contributed by atoms with Gasteiger partial charge < -0.3 is 10.2 Å². The van der Waals surface area contributed by atoms with Gasteiger partial charge >= 0.3 is 0 Å². The average Bonchev–Trinajstić information content (AvgIpc) is 2.68. The van der Waals surface area contributed by atoms with Gasteiger partial charge in [-0.05, 0) is 36.4 Å². The van der Waals surface area contributed by atoms with Crippen molar-refractivity contribution in [2.45, 2.75) is 11.3 Å². The average molecular weight is 427 g/mol. The molecular weight excluding hydrogens is 407 g/mol. The number of benzene rings is 2. The third-order valence-corrected chi connectivity index (χ3v) is 6.52. The molecule has 1 aliphatic rings. The molecule has 1 N–H and O–H groups in total. The van der Waals surface area contributed by atoms with Crippen molar-refractivity contribution < 1.29 is 26.4 Å². The van der Waals surface area contributed by atoms with Crippen LogP contribution in [-0.2, 0) is 14.8 Å². The van der Waals surface area contributed by atoms with Gasteiger partial charge in [-0.3, -0.25) is 4.79 Å². The lowest BCUT2D eigenvalue weighted by atomic mass is 10.2. The Balaban J connectivity index is 1.51. The molecule has 0 unspecified atom stereocenters. The Labute approximate surface area is 167 Å². The molecule has 0 saturated carbocycles. The highest BCUT2D eigenvalue weighted by atomic mass is 32.2. The fourth-order valence-corrected chi connectivity index (χ4v) is 4.56. The van der Waals surface area contributed by atoms with E-state index < -0.39 is 32.4 Å². The Bertz CT molecular complexity index is 993. The van der Waals surface area contributed by atoms with Gasteiger partial charge in [0, 0.05) is 44.8 Å². The maximum Gasteiger partial charge on any atom is 0.246 e. The fraction of sp³-hybridized carbons (Fsp3) is 0.316. The van der Waals surface area contributed by atoms with E-state index >= 15 is 0 Å². The number of anilines is 1. The first kappa shape index (κ1) is 21.3. The van der Waals surface area contributed by atoms with Gasteiger partial charge in [0.2, 0.25) is 15.9 Å². The van der Waals surface area contributed by atoms with Crippen molar-refractivity contribution >= 4 is 21.6 Å². The summed E-state index contributed by atoms with van der Waals surface area (Å²) in [5, 5.41) is 2.60. The zero-order valence-electron chi connectivity index (χ0n) is 15.4. The zero-order valence-corrected chi connectivity index (χ0v) is 16.3. The molecule has 2 aromatic rings. The van der Waals surface area contributed by atoms with Gasteiger partial charge in [0.1, 0.15) is 22.3 Å². The number of rotatable bonds is 6. The van der Waals surface area contributed by atoms with Gasteiger partial charge in [-0.15, -0.1) is 0 Å². The van der Waals surface area contributed by atoms with Crippen LogP contribution < -0.4 is 5.32 Å². The molecule has 3 rings (SSSR count). The predicted molar refractivity (Wildman–Crippen MR) is 101 cm³/mol. The lowest BCUT2D eigenvalue weighted by Crippen LogP contribution is -2.49. The van der Waals surface area contributed by atoms with E-state index in [4.69, 9.17) is 0 Å². The van der Waals surface area contributed by atoms with Crippen LogP contribution >= 0.6 is 0 Å². The summed E-state index contributed by atoms with van der Waals surface area (Å²) >= 11 is 0. The molecule has 1 aliphatic heterocycles. The van der Waals surface area contributed by atoms with Crippen molar-refractivity contribution in [3.63, 3.8) is 0 Å². The van der Waals surface area contributed by atoms with Crippen LogP contribution in [0.15, 0.2) is 47.4 Å². The molecule has 156 valence electrons. The van der Waals surface area contributed by atoms with Crippen molar-refractivity contribution in [1.82, 2.24) is 9.21 Å². The van der Waals surface area contributed by atoms with Gasteiger partial charge in [-0.2, -0.15) is 4.31 Å². The highest BCUT2D eigenvalue weighted by Gasteiger charge is 2.31. The van der Waals surface area contributed by atoms with Crippen LogP contribution in [0.5, 0.6) is 0 Å². The van der Waals surface area contributed by atoms with Gasteiger partial charge in [0.15, 0.2) is 0 Å². The Hall–Kier alpha value is -2.43. The number of hydrogen-bond donors (Lipinski definition) is 1. The van der Waals surface area contributed by atoms with Crippen LogP contribution in [0.2, 0.25) is 0 Å². The minimum absolute atomic E-state index is 0.101. The molecule has 0 aliphatic carbocycles. The summed E-state index contributed by atoms with van der Waals surface area (Å²) in [6.45, 7) is 1.30. The molecule has 10 heteroatoms. The number of sulfonamides is 1. The monoisotopic (exact) mass is 427 g/mol. The second-order valence-electron chi connectivity index (χ2n) is 6.63. The molecule has 2 aromatic carbocycles. The van der Waals surface area contributed by atoms with E-state index in [-0.39, 0.29) is 25.4 Å². The molecule has 0 atom stereocenters. The van der Waals surface area contributed by atoms with Gasteiger partial charge in [-0.25, -0.2) is 21.6 Å². The maximum atomic E-state index is 13.9. The number of carbonyl (C=O) groups excluding carboxylic acids is 1. The molecule has 0 bridgehead atoms. The second kappa shape index (κ2) is 8.93. The molecule has 6 nitrogen and oxygen atoms in total. The first-order valence-corrected chi connectivity index (χ1v) is 10.4. The van der Waals surface area contributed by atoms with E-state index in [9.17, 15) is 26.4 Å². The largest absolute Gasteiger partial charge is 0.326 e. The van der Waals surface area contributed by atoms with Crippen LogP contribution in [0, 0.1) is 17.5 Å². The molecule has 0 spiro atoms. The van der Waals surface area contributed by atoms with Gasteiger partial charge in [0.05, 0.1) is 0 Å². The highest BCUT2D eigenvalue weighted by molar-refractivity contribution is 7.89. The van der Waals surface area contributed by atoms with Crippen LogP contribution in [0.3, 0.4) is 0 Å². The lowest BCUT2D eigenvalue weighted by molar-refractivity contribution is -0.116. The van der Waals surface area contributed by atoms with Crippen LogP contribution in [0.4, 0.5) is 18.9 Å². The van der Waals surface area contributed by atoms with E-state index in [1.807, 2.05) is 4.90 Å². The van der Waals surface area contributed by atoms with Gasteiger partial charge in [-0.1, -0.05) is 6.07 Å². The normalized spacial score (nSPS) is 16.0. The van der Waals surface area contributed by atoms with E-state index in [0.29, 0.717) is 31.4 Å². The number of nitrogens with one attached hydrogen (secondary N) is 1.